The first-order valence-corrected chi connectivity index (χ1v) is 10.00. The van der Waals surface area contributed by atoms with Crippen molar-refractivity contribution < 1.29 is 9.53 Å². The minimum absolute atomic E-state index is 0.0358. The summed E-state index contributed by atoms with van der Waals surface area (Å²) in [6, 6.07) is 4.13. The molecule has 0 aliphatic carbocycles. The van der Waals surface area contributed by atoms with Crippen LogP contribution in [0.2, 0.25) is 0 Å². The van der Waals surface area contributed by atoms with E-state index in [2.05, 4.69) is 23.2 Å². The third-order valence-electron chi connectivity index (χ3n) is 4.76. The van der Waals surface area contributed by atoms with Crippen molar-refractivity contribution in [2.75, 3.05) is 32.1 Å². The lowest BCUT2D eigenvalue weighted by Gasteiger charge is -2.31. The Bertz CT molecular complexity index is 820. The molecular formula is C16H22N4O2SSi. The van der Waals surface area contributed by atoms with E-state index in [1.54, 1.807) is 11.3 Å². The minimum atomic E-state index is -0.162. The molecule has 1 unspecified atom stereocenters. The van der Waals surface area contributed by atoms with E-state index in [0.29, 0.717) is 6.61 Å². The zero-order chi connectivity index (χ0) is 17.1. The fraction of sp³-hybridized carbons (Fsp3) is 0.500. The summed E-state index contributed by atoms with van der Waals surface area (Å²) >= 11 is 1.59. The Morgan fingerprint density at radius 3 is 3.08 bits per heavy atom. The second kappa shape index (κ2) is 5.43. The second-order valence-electron chi connectivity index (χ2n) is 7.28. The van der Waals surface area contributed by atoms with Crippen molar-refractivity contribution in [2.45, 2.75) is 24.5 Å². The summed E-state index contributed by atoms with van der Waals surface area (Å²) in [4.78, 5) is 21.5. The number of likely N-dealkylation sites (N-methyl/N-ethyl adjacent to an activating group) is 1. The highest BCUT2D eigenvalue weighted by Gasteiger charge is 2.47. The van der Waals surface area contributed by atoms with Crippen molar-refractivity contribution in [2.24, 2.45) is 0 Å². The molecular weight excluding hydrogens is 340 g/mol. The quantitative estimate of drug-likeness (QED) is 0.820. The molecule has 2 atom stereocenters. The number of urea groups is 1. The van der Waals surface area contributed by atoms with E-state index in [1.165, 1.54) is 5.56 Å². The maximum atomic E-state index is 12.7. The third-order valence-corrected chi connectivity index (χ3v) is 6.69. The summed E-state index contributed by atoms with van der Waals surface area (Å²) in [5.41, 5.74) is 2.16. The highest BCUT2D eigenvalue weighted by atomic mass is 32.1. The maximum absolute atomic E-state index is 12.7. The van der Waals surface area contributed by atoms with Crippen LogP contribution in [0.1, 0.15) is 12.5 Å². The number of carbonyl (C=O) groups excluding carboxylic acids is 1. The van der Waals surface area contributed by atoms with E-state index >= 15 is 0 Å². The Balaban J connectivity index is 1.79. The van der Waals surface area contributed by atoms with Crippen molar-refractivity contribution >= 4 is 43.0 Å². The monoisotopic (exact) mass is 362 g/mol. The summed E-state index contributed by atoms with van der Waals surface area (Å²) < 4.78 is 6.76. The zero-order valence-corrected chi connectivity index (χ0v) is 17.2. The van der Waals surface area contributed by atoms with Crippen molar-refractivity contribution in [1.82, 2.24) is 15.2 Å². The van der Waals surface area contributed by atoms with Crippen LogP contribution in [0.25, 0.3) is 10.2 Å². The van der Waals surface area contributed by atoms with Gasteiger partial charge >= 0.3 is 6.03 Å². The molecule has 0 spiro atoms. The Kier molecular flexibility index (Phi) is 3.59. The molecule has 24 heavy (non-hydrogen) atoms. The molecule has 128 valence electrons. The number of hydrogen-bond donors (Lipinski definition) is 1. The molecule has 0 radical (unpaired) electrons. The molecule has 3 heterocycles. The van der Waals surface area contributed by atoms with Gasteiger partial charge in [-0.3, -0.25) is 4.90 Å². The second-order valence-corrected chi connectivity index (χ2v) is 10.4. The molecule has 0 bridgehead atoms. The van der Waals surface area contributed by atoms with E-state index in [-0.39, 0.29) is 17.2 Å². The summed E-state index contributed by atoms with van der Waals surface area (Å²) in [6.07, 6.45) is 0.890. The number of carbonyl (C=O) groups is 1. The zero-order valence-electron chi connectivity index (χ0n) is 14.4. The molecule has 0 saturated carbocycles. The standard InChI is InChI=1S/C16H22N4O2SSi/c1-16(24)12(8-19(2)3)20(14(21)18-16)15-17-13-9-6-7-22-10(9)4-5-11(13)23-15/h4-5,12H,6-8H2,1-3,24H3,(H,18,21)/t12?,16-/m1/s1. The molecule has 2 aliphatic rings. The molecule has 1 fully saturated rings. The summed E-state index contributed by atoms with van der Waals surface area (Å²) in [5.74, 6) is 0.933. The van der Waals surface area contributed by atoms with Gasteiger partial charge in [0.2, 0.25) is 0 Å². The van der Waals surface area contributed by atoms with Crippen molar-refractivity contribution in [3.05, 3.63) is 17.7 Å². The molecule has 4 rings (SSSR count). The van der Waals surface area contributed by atoms with Gasteiger partial charge in [-0.1, -0.05) is 11.3 Å². The van der Waals surface area contributed by atoms with Crippen molar-refractivity contribution in [1.29, 1.82) is 0 Å². The maximum Gasteiger partial charge on any atom is 0.324 e. The first kappa shape index (κ1) is 15.9. The molecule has 2 aliphatic heterocycles. The number of aromatic nitrogens is 1. The summed E-state index contributed by atoms with van der Waals surface area (Å²) in [7, 11) is 4.97. The van der Waals surface area contributed by atoms with E-state index in [4.69, 9.17) is 9.72 Å². The van der Waals surface area contributed by atoms with Crippen LogP contribution >= 0.6 is 11.3 Å². The van der Waals surface area contributed by atoms with Gasteiger partial charge in [0.1, 0.15) is 5.75 Å². The third kappa shape index (κ3) is 2.40. The average molecular weight is 363 g/mol. The number of thiazole rings is 1. The van der Waals surface area contributed by atoms with Gasteiger partial charge in [0.15, 0.2) is 5.13 Å². The van der Waals surface area contributed by atoms with Gasteiger partial charge in [-0.15, -0.1) is 0 Å². The number of fused-ring (bicyclic) bond motifs is 3. The van der Waals surface area contributed by atoms with Crippen molar-refractivity contribution in [3.63, 3.8) is 0 Å². The Labute approximate surface area is 148 Å². The van der Waals surface area contributed by atoms with E-state index in [1.807, 2.05) is 25.1 Å². The van der Waals surface area contributed by atoms with Crippen LogP contribution in [-0.2, 0) is 6.42 Å². The van der Waals surface area contributed by atoms with Crippen LogP contribution in [0.15, 0.2) is 12.1 Å². The van der Waals surface area contributed by atoms with Crippen molar-refractivity contribution in [3.8, 4) is 5.75 Å². The molecule has 6 nitrogen and oxygen atoms in total. The lowest BCUT2D eigenvalue weighted by atomic mass is 10.1. The number of amides is 2. The number of nitrogens with zero attached hydrogens (tertiary/aromatic N) is 3. The van der Waals surface area contributed by atoms with Gasteiger partial charge in [0.25, 0.3) is 0 Å². The molecule has 2 aromatic rings. The molecule has 1 N–H and O–H groups in total. The average Bonchev–Trinajstić information content (AvgIpc) is 3.14. The molecule has 1 aromatic carbocycles. The molecule has 1 saturated heterocycles. The molecule has 8 heteroatoms. The molecule has 1 aromatic heterocycles. The Morgan fingerprint density at radius 2 is 2.33 bits per heavy atom. The SMILES string of the molecule is CN(C)CC1N(c2nc3c4c(ccc3s2)OCC4)C(=O)N[C@]1(C)[SiH3]. The number of hydrogen-bond acceptors (Lipinski definition) is 5. The highest BCUT2D eigenvalue weighted by molar-refractivity contribution is 7.22. The van der Waals surface area contributed by atoms with Gasteiger partial charge < -0.3 is 15.0 Å². The van der Waals surface area contributed by atoms with Crippen LogP contribution in [-0.4, -0.2) is 64.6 Å². The lowest BCUT2D eigenvalue weighted by molar-refractivity contribution is 0.250. The van der Waals surface area contributed by atoms with Crippen LogP contribution in [0, 0.1) is 0 Å². The normalized spacial score (nSPS) is 26.2. The van der Waals surface area contributed by atoms with Crippen LogP contribution in [0.5, 0.6) is 5.75 Å². The number of rotatable bonds is 3. The smallest absolute Gasteiger partial charge is 0.324 e. The Hall–Kier alpha value is -1.64. The fourth-order valence-electron chi connectivity index (χ4n) is 3.52. The van der Waals surface area contributed by atoms with E-state index in [9.17, 15) is 4.79 Å². The number of nitrogens with one attached hydrogen (secondary N) is 1. The van der Waals surface area contributed by atoms with Gasteiger partial charge in [-0.05, 0) is 33.2 Å². The van der Waals surface area contributed by atoms with Gasteiger partial charge in [-0.2, -0.15) is 0 Å². The van der Waals surface area contributed by atoms with Crippen LogP contribution in [0.3, 0.4) is 0 Å². The van der Waals surface area contributed by atoms with Crippen LogP contribution in [0.4, 0.5) is 9.93 Å². The molecule has 2 amide bonds. The van der Waals surface area contributed by atoms with E-state index in [0.717, 1.165) is 44.3 Å². The predicted octanol–water partition coefficient (Wildman–Crippen LogP) is 0.773. The number of anilines is 1. The van der Waals surface area contributed by atoms with Gasteiger partial charge in [0.05, 0.1) is 22.9 Å². The van der Waals surface area contributed by atoms with E-state index < -0.39 is 0 Å². The first-order valence-electron chi connectivity index (χ1n) is 8.18. The lowest BCUT2D eigenvalue weighted by Crippen LogP contribution is -2.52. The number of ether oxygens (including phenoxy) is 1. The summed E-state index contributed by atoms with van der Waals surface area (Å²) in [5, 5.41) is 3.78. The highest BCUT2D eigenvalue weighted by Crippen LogP contribution is 2.39. The van der Waals surface area contributed by atoms with Gasteiger partial charge in [0, 0.05) is 33.9 Å². The predicted molar refractivity (Wildman–Crippen MR) is 101 cm³/mol. The largest absolute Gasteiger partial charge is 0.493 e. The Morgan fingerprint density at radius 1 is 1.54 bits per heavy atom. The summed E-state index contributed by atoms with van der Waals surface area (Å²) in [6.45, 7) is 3.66. The van der Waals surface area contributed by atoms with Gasteiger partial charge in [-0.25, -0.2) is 9.78 Å². The fourth-order valence-corrected chi connectivity index (χ4v) is 5.22. The topological polar surface area (TPSA) is 57.7 Å². The first-order chi connectivity index (χ1) is 11.4. The minimum Gasteiger partial charge on any atom is -0.493 e. The number of benzene rings is 1. The van der Waals surface area contributed by atoms with Crippen LogP contribution < -0.4 is 15.0 Å².